The van der Waals surface area contributed by atoms with Crippen molar-refractivity contribution in [1.29, 1.82) is 0 Å². The Hall–Kier alpha value is -2.56. The van der Waals surface area contributed by atoms with Gasteiger partial charge in [-0.05, 0) is 25.1 Å². The maximum Gasteiger partial charge on any atom is 0.337 e. The summed E-state index contributed by atoms with van der Waals surface area (Å²) in [6.45, 7) is 1.74. The van der Waals surface area contributed by atoms with E-state index in [1.165, 1.54) is 12.3 Å². The van der Waals surface area contributed by atoms with Gasteiger partial charge in [-0.3, -0.25) is 0 Å². The number of carboxylic acids is 1. The van der Waals surface area contributed by atoms with E-state index in [-0.39, 0.29) is 5.56 Å². The molecule has 0 aliphatic rings. The van der Waals surface area contributed by atoms with Gasteiger partial charge < -0.3 is 14.6 Å². The Kier molecular flexibility index (Phi) is 3.66. The lowest BCUT2D eigenvalue weighted by Gasteiger charge is -2.11. The average Bonchev–Trinajstić information content (AvgIpc) is 2.41. The number of hydrogen-bond donors (Lipinski definition) is 1. The predicted molar refractivity (Wildman–Crippen MR) is 69.0 cm³/mol. The normalized spacial score (nSPS) is 10.0. The highest BCUT2D eigenvalue weighted by molar-refractivity contribution is 5.87. The van der Waals surface area contributed by atoms with E-state index >= 15 is 0 Å². The van der Waals surface area contributed by atoms with Crippen LogP contribution in [0.2, 0.25) is 0 Å². The minimum Gasteiger partial charge on any atom is -0.493 e. The van der Waals surface area contributed by atoms with Crippen LogP contribution in [-0.2, 0) is 0 Å². The molecule has 1 heterocycles. The summed E-state index contributed by atoms with van der Waals surface area (Å²) in [5.74, 6) is 0.462. The summed E-state index contributed by atoms with van der Waals surface area (Å²) in [6, 6.07) is 8.69. The minimum absolute atomic E-state index is 0.130. The molecule has 5 heteroatoms. The smallest absolute Gasteiger partial charge is 0.337 e. The summed E-state index contributed by atoms with van der Waals surface area (Å²) in [5.41, 5.74) is 0.774. The minimum atomic E-state index is -1.01. The zero-order valence-electron chi connectivity index (χ0n) is 10.6. The number of hydrogen-bond acceptors (Lipinski definition) is 4. The zero-order valence-corrected chi connectivity index (χ0v) is 10.6. The van der Waals surface area contributed by atoms with Crippen LogP contribution >= 0.6 is 0 Å². The van der Waals surface area contributed by atoms with Crippen molar-refractivity contribution >= 4 is 5.97 Å². The van der Waals surface area contributed by atoms with E-state index in [0.717, 1.165) is 0 Å². The largest absolute Gasteiger partial charge is 0.493 e. The zero-order chi connectivity index (χ0) is 13.8. The SMILES string of the molecule is COc1ccccc1Oc1ncc(C(=O)O)cc1C. The van der Waals surface area contributed by atoms with Gasteiger partial charge in [-0.25, -0.2) is 9.78 Å². The van der Waals surface area contributed by atoms with Crippen LogP contribution in [0.15, 0.2) is 36.5 Å². The molecule has 0 radical (unpaired) electrons. The molecule has 0 saturated heterocycles. The fraction of sp³-hybridized carbons (Fsp3) is 0.143. The Morgan fingerprint density at radius 3 is 2.53 bits per heavy atom. The van der Waals surface area contributed by atoms with Crippen molar-refractivity contribution in [3.05, 3.63) is 47.7 Å². The van der Waals surface area contributed by atoms with E-state index in [1.54, 1.807) is 26.2 Å². The van der Waals surface area contributed by atoms with Crippen molar-refractivity contribution in [2.24, 2.45) is 0 Å². The molecule has 0 fully saturated rings. The number of benzene rings is 1. The summed E-state index contributed by atoms with van der Waals surface area (Å²) in [5, 5.41) is 8.87. The molecule has 1 N–H and O–H groups in total. The highest BCUT2D eigenvalue weighted by atomic mass is 16.5. The lowest BCUT2D eigenvalue weighted by atomic mass is 10.2. The van der Waals surface area contributed by atoms with Crippen LogP contribution in [0.3, 0.4) is 0 Å². The summed E-state index contributed by atoms with van der Waals surface area (Å²) in [6.07, 6.45) is 1.26. The third-order valence-electron chi connectivity index (χ3n) is 2.55. The van der Waals surface area contributed by atoms with E-state index in [2.05, 4.69) is 4.98 Å². The second-order valence-electron chi connectivity index (χ2n) is 3.90. The van der Waals surface area contributed by atoms with Crippen LogP contribution in [0.25, 0.3) is 0 Å². The molecule has 0 aliphatic heterocycles. The van der Waals surface area contributed by atoms with Crippen molar-refractivity contribution in [3.63, 3.8) is 0 Å². The van der Waals surface area contributed by atoms with Gasteiger partial charge in [0.25, 0.3) is 0 Å². The summed E-state index contributed by atoms with van der Waals surface area (Å²) >= 11 is 0. The number of methoxy groups -OCH3 is 1. The number of carbonyl (C=O) groups is 1. The van der Waals surface area contributed by atoms with E-state index in [4.69, 9.17) is 14.6 Å². The Morgan fingerprint density at radius 1 is 1.26 bits per heavy atom. The molecule has 2 rings (SSSR count). The van der Waals surface area contributed by atoms with Gasteiger partial charge in [0.1, 0.15) is 0 Å². The first kappa shape index (κ1) is 12.9. The molecule has 1 aromatic heterocycles. The Bertz CT molecular complexity index is 610. The number of aromatic carboxylic acids is 1. The van der Waals surface area contributed by atoms with Gasteiger partial charge >= 0.3 is 5.97 Å². The molecule has 0 bridgehead atoms. The lowest BCUT2D eigenvalue weighted by Crippen LogP contribution is -2.00. The van der Waals surface area contributed by atoms with Gasteiger partial charge in [-0.15, -0.1) is 0 Å². The number of aryl methyl sites for hydroxylation is 1. The molecule has 0 spiro atoms. The maximum absolute atomic E-state index is 10.8. The van der Waals surface area contributed by atoms with Crippen LogP contribution in [0.5, 0.6) is 17.4 Å². The van der Waals surface area contributed by atoms with Gasteiger partial charge in [0.15, 0.2) is 11.5 Å². The molecule has 0 aliphatic carbocycles. The number of aromatic nitrogens is 1. The lowest BCUT2D eigenvalue weighted by molar-refractivity contribution is 0.0696. The summed E-state index contributed by atoms with van der Waals surface area (Å²) < 4.78 is 10.8. The Morgan fingerprint density at radius 2 is 1.95 bits per heavy atom. The van der Waals surface area contributed by atoms with Crippen LogP contribution in [0.4, 0.5) is 0 Å². The van der Waals surface area contributed by atoms with Crippen molar-refractivity contribution in [2.45, 2.75) is 6.92 Å². The van der Waals surface area contributed by atoms with E-state index in [9.17, 15) is 4.79 Å². The quantitative estimate of drug-likeness (QED) is 0.914. The number of carboxylic acid groups (broad SMARTS) is 1. The van der Waals surface area contributed by atoms with Crippen LogP contribution < -0.4 is 9.47 Å². The van der Waals surface area contributed by atoms with Gasteiger partial charge in [-0.1, -0.05) is 12.1 Å². The topological polar surface area (TPSA) is 68.7 Å². The molecule has 19 heavy (non-hydrogen) atoms. The predicted octanol–water partition coefficient (Wildman–Crippen LogP) is 2.89. The number of ether oxygens (including phenoxy) is 2. The van der Waals surface area contributed by atoms with Crippen molar-refractivity contribution in [3.8, 4) is 17.4 Å². The van der Waals surface area contributed by atoms with Crippen LogP contribution in [0.1, 0.15) is 15.9 Å². The Labute approximate surface area is 110 Å². The molecule has 0 saturated carbocycles. The second kappa shape index (κ2) is 5.39. The number of pyridine rings is 1. The third kappa shape index (κ3) is 2.82. The second-order valence-corrected chi connectivity index (χ2v) is 3.90. The molecule has 5 nitrogen and oxygen atoms in total. The van der Waals surface area contributed by atoms with Gasteiger partial charge in [0, 0.05) is 11.8 Å². The first-order chi connectivity index (χ1) is 9.11. The van der Waals surface area contributed by atoms with E-state index < -0.39 is 5.97 Å². The van der Waals surface area contributed by atoms with E-state index in [1.807, 2.05) is 12.1 Å². The van der Waals surface area contributed by atoms with E-state index in [0.29, 0.717) is 22.9 Å². The van der Waals surface area contributed by atoms with Crippen molar-refractivity contribution in [1.82, 2.24) is 4.98 Å². The first-order valence-corrected chi connectivity index (χ1v) is 5.62. The number of para-hydroxylation sites is 2. The van der Waals surface area contributed by atoms with Crippen LogP contribution in [-0.4, -0.2) is 23.2 Å². The van der Waals surface area contributed by atoms with Gasteiger partial charge in [0.05, 0.1) is 12.7 Å². The van der Waals surface area contributed by atoms with Gasteiger partial charge in [0.2, 0.25) is 5.88 Å². The molecule has 0 amide bonds. The van der Waals surface area contributed by atoms with Crippen molar-refractivity contribution < 1.29 is 19.4 Å². The summed E-state index contributed by atoms with van der Waals surface area (Å²) in [4.78, 5) is 14.8. The first-order valence-electron chi connectivity index (χ1n) is 5.62. The van der Waals surface area contributed by atoms with Crippen LogP contribution in [0, 0.1) is 6.92 Å². The number of rotatable bonds is 4. The molecular formula is C14H13NO4. The molecule has 0 unspecified atom stereocenters. The highest BCUT2D eigenvalue weighted by Gasteiger charge is 2.10. The third-order valence-corrected chi connectivity index (χ3v) is 2.55. The fourth-order valence-electron chi connectivity index (χ4n) is 1.59. The number of nitrogens with zero attached hydrogens (tertiary/aromatic N) is 1. The van der Waals surface area contributed by atoms with Crippen molar-refractivity contribution in [2.75, 3.05) is 7.11 Å². The van der Waals surface area contributed by atoms with Gasteiger partial charge in [-0.2, -0.15) is 0 Å². The molecular weight excluding hydrogens is 246 g/mol. The molecule has 2 aromatic rings. The standard InChI is InChI=1S/C14H13NO4/c1-9-7-10(14(16)17)8-15-13(9)19-12-6-4-3-5-11(12)18-2/h3-8H,1-2H3,(H,16,17). The molecule has 0 atom stereocenters. The highest BCUT2D eigenvalue weighted by Crippen LogP contribution is 2.31. The summed E-state index contributed by atoms with van der Waals surface area (Å²) in [7, 11) is 1.55. The fourth-order valence-corrected chi connectivity index (χ4v) is 1.59. The molecule has 98 valence electrons. The maximum atomic E-state index is 10.8. The average molecular weight is 259 g/mol. The molecule has 1 aromatic carbocycles. The Balaban J connectivity index is 2.31. The monoisotopic (exact) mass is 259 g/mol.